The van der Waals surface area contributed by atoms with E-state index in [-0.39, 0.29) is 24.3 Å². The quantitative estimate of drug-likeness (QED) is 0.587. The molecule has 4 N–H and O–H groups in total. The van der Waals surface area contributed by atoms with Crippen molar-refractivity contribution in [3.05, 3.63) is 59.7 Å². The van der Waals surface area contributed by atoms with Crippen molar-refractivity contribution in [3.8, 4) is 11.1 Å². The van der Waals surface area contributed by atoms with Gasteiger partial charge in [-0.15, -0.1) is 12.4 Å². The van der Waals surface area contributed by atoms with Crippen LogP contribution in [0.3, 0.4) is 0 Å². The SMILES string of the molecule is Cc1ccccc1-c1cccc(C(=O)NC(=N)N)c1.Cl. The van der Waals surface area contributed by atoms with E-state index in [1.807, 2.05) is 43.3 Å². The Morgan fingerprint density at radius 2 is 1.85 bits per heavy atom. The summed E-state index contributed by atoms with van der Waals surface area (Å²) in [7, 11) is 0. The van der Waals surface area contributed by atoms with Gasteiger partial charge < -0.3 is 5.73 Å². The third kappa shape index (κ3) is 3.59. The molecule has 0 radical (unpaired) electrons. The zero-order valence-electron chi connectivity index (χ0n) is 11.0. The van der Waals surface area contributed by atoms with Gasteiger partial charge in [0.05, 0.1) is 0 Å². The van der Waals surface area contributed by atoms with Crippen LogP contribution in [0.5, 0.6) is 0 Å². The molecule has 0 saturated heterocycles. The van der Waals surface area contributed by atoms with Gasteiger partial charge in [-0.1, -0.05) is 36.4 Å². The van der Waals surface area contributed by atoms with Gasteiger partial charge in [-0.2, -0.15) is 0 Å². The predicted molar refractivity (Wildman–Crippen MR) is 83.2 cm³/mol. The van der Waals surface area contributed by atoms with Gasteiger partial charge in [0.25, 0.3) is 5.91 Å². The molecule has 0 heterocycles. The van der Waals surface area contributed by atoms with E-state index >= 15 is 0 Å². The number of benzene rings is 2. The number of amides is 1. The highest BCUT2D eigenvalue weighted by Crippen LogP contribution is 2.23. The summed E-state index contributed by atoms with van der Waals surface area (Å²) in [5, 5.41) is 9.35. The number of hydrogen-bond acceptors (Lipinski definition) is 2. The van der Waals surface area contributed by atoms with Crippen molar-refractivity contribution in [1.29, 1.82) is 5.41 Å². The van der Waals surface area contributed by atoms with Crippen molar-refractivity contribution in [1.82, 2.24) is 5.32 Å². The average molecular weight is 290 g/mol. The molecule has 0 unspecified atom stereocenters. The molecule has 0 aliphatic heterocycles. The predicted octanol–water partition coefficient (Wildman–Crippen LogP) is 2.71. The fraction of sp³-hybridized carbons (Fsp3) is 0.0667. The van der Waals surface area contributed by atoms with E-state index in [4.69, 9.17) is 11.1 Å². The molecule has 0 aromatic heterocycles. The zero-order chi connectivity index (χ0) is 13.8. The van der Waals surface area contributed by atoms with Crippen LogP contribution in [0, 0.1) is 12.3 Å². The molecule has 2 aromatic carbocycles. The van der Waals surface area contributed by atoms with Crippen LogP contribution in [0.1, 0.15) is 15.9 Å². The van der Waals surface area contributed by atoms with Crippen LogP contribution in [-0.2, 0) is 0 Å². The van der Waals surface area contributed by atoms with E-state index in [9.17, 15) is 4.79 Å². The van der Waals surface area contributed by atoms with Crippen LogP contribution in [0.25, 0.3) is 11.1 Å². The summed E-state index contributed by atoms with van der Waals surface area (Å²) in [4.78, 5) is 11.8. The third-order valence-electron chi connectivity index (χ3n) is 2.83. The Morgan fingerprint density at radius 1 is 1.15 bits per heavy atom. The minimum absolute atomic E-state index is 0. The lowest BCUT2D eigenvalue weighted by Gasteiger charge is -2.08. The van der Waals surface area contributed by atoms with E-state index < -0.39 is 0 Å². The highest BCUT2D eigenvalue weighted by Gasteiger charge is 2.08. The first-order chi connectivity index (χ1) is 9.08. The second-order valence-corrected chi connectivity index (χ2v) is 4.26. The summed E-state index contributed by atoms with van der Waals surface area (Å²) in [6.07, 6.45) is 0. The third-order valence-corrected chi connectivity index (χ3v) is 2.83. The standard InChI is InChI=1S/C15H15N3O.ClH/c1-10-5-2-3-8-13(10)11-6-4-7-12(9-11)14(19)18-15(16)17;/h2-9H,1H3,(H4,16,17,18,19);1H. The Labute approximate surface area is 123 Å². The second kappa shape index (κ2) is 6.73. The Morgan fingerprint density at radius 3 is 2.50 bits per heavy atom. The lowest BCUT2D eigenvalue weighted by Crippen LogP contribution is -2.35. The average Bonchev–Trinajstić information content (AvgIpc) is 2.38. The van der Waals surface area contributed by atoms with Gasteiger partial charge >= 0.3 is 0 Å². The maximum atomic E-state index is 11.8. The highest BCUT2D eigenvalue weighted by atomic mass is 35.5. The summed E-state index contributed by atoms with van der Waals surface area (Å²) in [6, 6.07) is 15.2. The van der Waals surface area contributed by atoms with Crippen molar-refractivity contribution >= 4 is 24.3 Å². The Balaban J connectivity index is 0.00000200. The molecule has 0 atom stereocenters. The molecule has 0 spiro atoms. The molecular weight excluding hydrogens is 274 g/mol. The second-order valence-electron chi connectivity index (χ2n) is 4.26. The molecule has 0 saturated carbocycles. The van der Waals surface area contributed by atoms with E-state index in [2.05, 4.69) is 5.32 Å². The van der Waals surface area contributed by atoms with Crippen LogP contribution in [-0.4, -0.2) is 11.9 Å². The molecule has 2 aromatic rings. The fourth-order valence-corrected chi connectivity index (χ4v) is 1.92. The number of hydrogen-bond donors (Lipinski definition) is 3. The number of carbonyl (C=O) groups is 1. The number of aryl methyl sites for hydroxylation is 1. The maximum absolute atomic E-state index is 11.8. The Bertz CT molecular complexity index is 641. The van der Waals surface area contributed by atoms with Crippen molar-refractivity contribution in [2.75, 3.05) is 0 Å². The first-order valence-electron chi connectivity index (χ1n) is 5.89. The first kappa shape index (κ1) is 15.7. The lowest BCUT2D eigenvalue weighted by atomic mass is 9.99. The molecular formula is C15H16ClN3O. The lowest BCUT2D eigenvalue weighted by molar-refractivity contribution is 0.0976. The van der Waals surface area contributed by atoms with E-state index in [1.165, 1.54) is 0 Å². The van der Waals surface area contributed by atoms with Crippen molar-refractivity contribution < 1.29 is 4.79 Å². The number of nitrogens with two attached hydrogens (primary N) is 1. The summed E-state index contributed by atoms with van der Waals surface area (Å²) < 4.78 is 0. The van der Waals surface area contributed by atoms with Gasteiger partial charge in [0.1, 0.15) is 0 Å². The molecule has 104 valence electrons. The summed E-state index contributed by atoms with van der Waals surface area (Å²) >= 11 is 0. The van der Waals surface area contributed by atoms with Gasteiger partial charge in [-0.05, 0) is 35.7 Å². The van der Waals surface area contributed by atoms with Gasteiger partial charge in [0.2, 0.25) is 0 Å². The van der Waals surface area contributed by atoms with Crippen LogP contribution < -0.4 is 11.1 Å². The molecule has 0 aliphatic carbocycles. The van der Waals surface area contributed by atoms with Gasteiger partial charge in [0, 0.05) is 5.56 Å². The summed E-state index contributed by atoms with van der Waals surface area (Å²) in [5.74, 6) is -0.728. The van der Waals surface area contributed by atoms with Crippen molar-refractivity contribution in [2.24, 2.45) is 5.73 Å². The number of guanidine groups is 1. The molecule has 0 fully saturated rings. The topological polar surface area (TPSA) is 79.0 Å². The van der Waals surface area contributed by atoms with Crippen LogP contribution in [0.15, 0.2) is 48.5 Å². The minimum Gasteiger partial charge on any atom is -0.370 e. The van der Waals surface area contributed by atoms with Gasteiger partial charge in [0.15, 0.2) is 5.96 Å². The van der Waals surface area contributed by atoms with Crippen LogP contribution in [0.4, 0.5) is 0 Å². The minimum atomic E-state index is -0.372. The largest absolute Gasteiger partial charge is 0.370 e. The molecule has 4 nitrogen and oxygen atoms in total. The van der Waals surface area contributed by atoms with Crippen molar-refractivity contribution in [3.63, 3.8) is 0 Å². The monoisotopic (exact) mass is 289 g/mol. The number of halogens is 1. The number of carbonyl (C=O) groups excluding carboxylic acids is 1. The highest BCUT2D eigenvalue weighted by molar-refractivity contribution is 6.05. The van der Waals surface area contributed by atoms with Gasteiger partial charge in [-0.25, -0.2) is 0 Å². The molecule has 20 heavy (non-hydrogen) atoms. The zero-order valence-corrected chi connectivity index (χ0v) is 11.8. The summed E-state index contributed by atoms with van der Waals surface area (Å²) in [5.41, 5.74) is 8.83. The molecule has 2 rings (SSSR count). The molecule has 1 amide bonds. The molecule has 0 bridgehead atoms. The van der Waals surface area contributed by atoms with E-state index in [1.54, 1.807) is 12.1 Å². The van der Waals surface area contributed by atoms with Crippen LogP contribution in [0.2, 0.25) is 0 Å². The summed E-state index contributed by atoms with van der Waals surface area (Å²) in [6.45, 7) is 2.03. The normalized spacial score (nSPS) is 9.45. The van der Waals surface area contributed by atoms with E-state index in [0.29, 0.717) is 5.56 Å². The van der Waals surface area contributed by atoms with E-state index in [0.717, 1.165) is 16.7 Å². The Hall–Kier alpha value is -2.33. The first-order valence-corrected chi connectivity index (χ1v) is 5.89. The van der Waals surface area contributed by atoms with Gasteiger partial charge in [-0.3, -0.25) is 15.5 Å². The van der Waals surface area contributed by atoms with Crippen molar-refractivity contribution in [2.45, 2.75) is 6.92 Å². The smallest absolute Gasteiger partial charge is 0.257 e. The number of rotatable bonds is 2. The molecule has 0 aliphatic rings. The molecule has 5 heteroatoms. The van der Waals surface area contributed by atoms with Crippen LogP contribution >= 0.6 is 12.4 Å². The maximum Gasteiger partial charge on any atom is 0.257 e. The fourth-order valence-electron chi connectivity index (χ4n) is 1.92. The Kier molecular flexibility index (Phi) is 5.29. The number of nitrogens with one attached hydrogen (secondary N) is 2.